The Morgan fingerprint density at radius 2 is 2.18 bits per heavy atom. The van der Waals surface area contributed by atoms with Crippen molar-refractivity contribution in [3.63, 3.8) is 0 Å². The fourth-order valence-electron chi connectivity index (χ4n) is 3.94. The minimum atomic E-state index is -0.368. The maximum absolute atomic E-state index is 12.4. The lowest BCUT2D eigenvalue weighted by atomic mass is 9.94. The van der Waals surface area contributed by atoms with E-state index in [9.17, 15) is 9.59 Å². The third kappa shape index (κ3) is 4.58. The van der Waals surface area contributed by atoms with Crippen LogP contribution in [0.5, 0.6) is 0 Å². The molecule has 0 unspecified atom stereocenters. The van der Waals surface area contributed by atoms with Crippen molar-refractivity contribution in [1.82, 2.24) is 30.0 Å². The highest BCUT2D eigenvalue weighted by Crippen LogP contribution is 2.27. The third-order valence-electron chi connectivity index (χ3n) is 5.85. The molecule has 0 spiro atoms. The molecule has 0 bridgehead atoms. The lowest BCUT2D eigenvalue weighted by molar-refractivity contribution is -0.135. The van der Waals surface area contributed by atoms with Crippen molar-refractivity contribution in [2.75, 3.05) is 19.7 Å². The molecule has 4 heterocycles. The smallest absolute Gasteiger partial charge is 0.338 e. The molecule has 0 aromatic carbocycles. The summed E-state index contributed by atoms with van der Waals surface area (Å²) < 4.78 is 6.59. The van der Waals surface area contributed by atoms with E-state index >= 15 is 0 Å². The Bertz CT molecular complexity index is 1220. The monoisotopic (exact) mass is 445 g/mol. The predicted octanol–water partition coefficient (Wildman–Crippen LogP) is 1.21. The predicted molar refractivity (Wildman–Crippen MR) is 118 cm³/mol. The van der Waals surface area contributed by atoms with Crippen LogP contribution in [0.15, 0.2) is 59.6 Å². The number of nitrogens with zero attached hydrogens (tertiary/aromatic N) is 6. The molecular formula is C23H23N7O3. The molecule has 1 amide bonds. The van der Waals surface area contributed by atoms with Crippen molar-refractivity contribution in [3.8, 4) is 11.9 Å². The largest absolute Gasteiger partial charge is 0.457 e. The lowest BCUT2D eigenvalue weighted by Crippen LogP contribution is -2.54. The second kappa shape index (κ2) is 9.18. The van der Waals surface area contributed by atoms with Crippen molar-refractivity contribution in [1.29, 1.82) is 5.26 Å². The standard InChI is InChI=1S/C23H23N7O3/c1-4-17-18(12-33-23(17)32)14(2)15(3)19-10-29(11-22(31)27-19)9-16-5-6-21(25-8-16)30-13-26-20(7-24)28-30/h4-6,8,13,19H,1,9-12H2,2-3H3,(H,27,31)/b15-14+/t19-/m0/s1. The normalized spacial score (nSPS) is 19.6. The van der Waals surface area contributed by atoms with Gasteiger partial charge in [0.2, 0.25) is 5.91 Å². The Balaban J connectivity index is 1.48. The second-order valence-electron chi connectivity index (χ2n) is 7.92. The van der Waals surface area contributed by atoms with E-state index in [0.29, 0.717) is 24.5 Å². The van der Waals surface area contributed by atoms with Crippen molar-refractivity contribution in [2.45, 2.75) is 26.4 Å². The van der Waals surface area contributed by atoms with Crippen LogP contribution in [0.4, 0.5) is 0 Å². The molecule has 10 heteroatoms. The molecule has 2 aliphatic heterocycles. The number of rotatable bonds is 6. The van der Waals surface area contributed by atoms with E-state index in [1.165, 1.54) is 17.1 Å². The number of aromatic nitrogens is 4. The van der Waals surface area contributed by atoms with Crippen LogP contribution < -0.4 is 5.32 Å². The quantitative estimate of drug-likeness (QED) is 0.658. The summed E-state index contributed by atoms with van der Waals surface area (Å²) in [6.07, 6.45) is 4.68. The molecule has 2 aliphatic rings. The van der Waals surface area contributed by atoms with Crippen LogP contribution in [0.3, 0.4) is 0 Å². The van der Waals surface area contributed by atoms with Crippen LogP contribution in [0.25, 0.3) is 5.82 Å². The molecule has 1 saturated heterocycles. The van der Waals surface area contributed by atoms with Gasteiger partial charge in [0.25, 0.3) is 5.82 Å². The van der Waals surface area contributed by atoms with Gasteiger partial charge in [-0.1, -0.05) is 18.7 Å². The molecule has 2 aromatic rings. The number of ether oxygens (including phenoxy) is 1. The van der Waals surface area contributed by atoms with Gasteiger partial charge in [-0.2, -0.15) is 5.26 Å². The zero-order chi connectivity index (χ0) is 23.5. The second-order valence-corrected chi connectivity index (χ2v) is 7.92. The van der Waals surface area contributed by atoms with Gasteiger partial charge in [-0.05, 0) is 36.6 Å². The van der Waals surface area contributed by atoms with Gasteiger partial charge in [0.15, 0.2) is 5.82 Å². The first-order valence-corrected chi connectivity index (χ1v) is 10.4. The van der Waals surface area contributed by atoms with E-state index in [4.69, 9.17) is 10.00 Å². The van der Waals surface area contributed by atoms with Crippen LogP contribution in [0, 0.1) is 11.3 Å². The third-order valence-corrected chi connectivity index (χ3v) is 5.85. The average molecular weight is 445 g/mol. The zero-order valence-electron chi connectivity index (χ0n) is 18.4. The van der Waals surface area contributed by atoms with Gasteiger partial charge in [0, 0.05) is 24.9 Å². The van der Waals surface area contributed by atoms with E-state index in [1.54, 1.807) is 12.3 Å². The summed E-state index contributed by atoms with van der Waals surface area (Å²) in [4.78, 5) is 34.6. The Labute approximate surface area is 190 Å². The van der Waals surface area contributed by atoms with Gasteiger partial charge >= 0.3 is 5.97 Å². The van der Waals surface area contributed by atoms with Crippen LogP contribution in [0.2, 0.25) is 0 Å². The van der Waals surface area contributed by atoms with E-state index in [-0.39, 0.29) is 36.9 Å². The maximum Gasteiger partial charge on any atom is 0.338 e. The molecule has 0 aliphatic carbocycles. The Kier molecular flexibility index (Phi) is 6.15. The van der Waals surface area contributed by atoms with Crippen LogP contribution in [0.1, 0.15) is 25.2 Å². The van der Waals surface area contributed by atoms with Gasteiger partial charge in [-0.15, -0.1) is 5.10 Å². The van der Waals surface area contributed by atoms with Crippen LogP contribution in [-0.2, 0) is 20.9 Å². The number of hydrogen-bond donors (Lipinski definition) is 1. The van der Waals surface area contributed by atoms with Gasteiger partial charge in [0.1, 0.15) is 19.0 Å². The number of nitriles is 1. The number of nitrogens with one attached hydrogen (secondary N) is 1. The zero-order valence-corrected chi connectivity index (χ0v) is 18.4. The minimum absolute atomic E-state index is 0.0636. The first-order chi connectivity index (χ1) is 15.9. The first kappa shape index (κ1) is 22.1. The van der Waals surface area contributed by atoms with Gasteiger partial charge < -0.3 is 10.1 Å². The minimum Gasteiger partial charge on any atom is -0.457 e. The summed E-state index contributed by atoms with van der Waals surface area (Å²) in [6, 6.07) is 5.40. The molecule has 0 radical (unpaired) electrons. The molecule has 2 aromatic heterocycles. The first-order valence-electron chi connectivity index (χ1n) is 10.4. The van der Waals surface area contributed by atoms with Crippen molar-refractivity contribution in [2.24, 2.45) is 0 Å². The summed E-state index contributed by atoms with van der Waals surface area (Å²) in [5, 5.41) is 15.9. The molecule has 10 nitrogen and oxygen atoms in total. The fraction of sp³-hybridized carbons (Fsp3) is 0.304. The Morgan fingerprint density at radius 3 is 2.85 bits per heavy atom. The summed E-state index contributed by atoms with van der Waals surface area (Å²) >= 11 is 0. The highest BCUT2D eigenvalue weighted by atomic mass is 16.5. The molecule has 33 heavy (non-hydrogen) atoms. The van der Waals surface area contributed by atoms with E-state index in [0.717, 1.165) is 22.3 Å². The van der Waals surface area contributed by atoms with E-state index in [2.05, 4.69) is 31.9 Å². The van der Waals surface area contributed by atoms with Gasteiger partial charge in [0.05, 0.1) is 18.2 Å². The molecular weight excluding hydrogens is 422 g/mol. The number of cyclic esters (lactones) is 1. The number of piperazine rings is 1. The number of esters is 1. The molecule has 1 atom stereocenters. The summed E-state index contributed by atoms with van der Waals surface area (Å²) in [7, 11) is 0. The fourth-order valence-corrected chi connectivity index (χ4v) is 3.94. The summed E-state index contributed by atoms with van der Waals surface area (Å²) in [5.74, 6) is 0.198. The lowest BCUT2D eigenvalue weighted by Gasteiger charge is -2.34. The van der Waals surface area contributed by atoms with Crippen molar-refractivity contribution in [3.05, 3.63) is 71.0 Å². The van der Waals surface area contributed by atoms with Crippen LogP contribution >= 0.6 is 0 Å². The molecule has 1 N–H and O–H groups in total. The summed E-state index contributed by atoms with van der Waals surface area (Å²) in [6.45, 7) is 9.27. The SMILES string of the molecule is C=CC1=C(/C(C)=C(\C)[C@@H]2CN(Cc3ccc(-n4cnc(C#N)n4)nc3)CC(=O)N2)COC1=O. The Hall–Kier alpha value is -4.10. The molecule has 0 saturated carbocycles. The summed E-state index contributed by atoms with van der Waals surface area (Å²) in [5.41, 5.74) is 4.14. The highest BCUT2D eigenvalue weighted by molar-refractivity contribution is 5.95. The average Bonchev–Trinajstić information content (AvgIpc) is 3.44. The topological polar surface area (TPSA) is 126 Å². The maximum atomic E-state index is 12.4. The van der Waals surface area contributed by atoms with Crippen molar-refractivity contribution < 1.29 is 14.3 Å². The van der Waals surface area contributed by atoms with Gasteiger partial charge in [-0.25, -0.2) is 19.4 Å². The number of pyridine rings is 1. The van der Waals surface area contributed by atoms with Crippen molar-refractivity contribution >= 4 is 11.9 Å². The van der Waals surface area contributed by atoms with Gasteiger partial charge in [-0.3, -0.25) is 9.69 Å². The number of amides is 1. The molecule has 168 valence electrons. The molecule has 1 fully saturated rings. The van der Waals surface area contributed by atoms with Crippen LogP contribution in [-0.4, -0.2) is 62.3 Å². The number of hydrogen-bond acceptors (Lipinski definition) is 8. The highest BCUT2D eigenvalue weighted by Gasteiger charge is 2.29. The Morgan fingerprint density at radius 1 is 1.36 bits per heavy atom. The number of carbonyl (C=O) groups excluding carboxylic acids is 2. The van der Waals surface area contributed by atoms with E-state index in [1.807, 2.05) is 26.0 Å². The molecule has 4 rings (SSSR count). The number of carbonyl (C=O) groups is 2. The van der Waals surface area contributed by atoms with E-state index < -0.39 is 0 Å².